The molecule has 1 aliphatic heterocycles. The van der Waals surface area contributed by atoms with Crippen LogP contribution in [0.5, 0.6) is 0 Å². The van der Waals surface area contributed by atoms with E-state index in [-0.39, 0.29) is 5.91 Å². The van der Waals surface area contributed by atoms with E-state index in [9.17, 15) is 4.79 Å². The summed E-state index contributed by atoms with van der Waals surface area (Å²) in [5, 5.41) is 3.05. The Balaban J connectivity index is 1.38. The van der Waals surface area contributed by atoms with Gasteiger partial charge in [0.15, 0.2) is 0 Å². The fourth-order valence-electron chi connectivity index (χ4n) is 3.83. The van der Waals surface area contributed by atoms with Crippen molar-refractivity contribution in [2.24, 2.45) is 0 Å². The first-order chi connectivity index (χ1) is 15.3. The summed E-state index contributed by atoms with van der Waals surface area (Å²) in [4.78, 5) is 17.3. The van der Waals surface area contributed by atoms with Gasteiger partial charge in [0.05, 0.1) is 19.8 Å². The number of carbonyl (C=O) groups excluding carboxylic acids is 1. The first-order valence-electron chi connectivity index (χ1n) is 10.8. The molecule has 0 aliphatic carbocycles. The van der Waals surface area contributed by atoms with E-state index in [1.165, 1.54) is 11.1 Å². The lowest BCUT2D eigenvalue weighted by Gasteiger charge is -2.29. The van der Waals surface area contributed by atoms with Crippen LogP contribution in [0.2, 0.25) is 0 Å². The zero-order valence-corrected chi connectivity index (χ0v) is 17.7. The number of amides is 1. The van der Waals surface area contributed by atoms with Crippen molar-refractivity contribution in [3.63, 3.8) is 0 Å². The first-order valence-corrected chi connectivity index (χ1v) is 10.8. The minimum absolute atomic E-state index is 0.00835. The third-order valence-electron chi connectivity index (χ3n) is 5.39. The van der Waals surface area contributed by atoms with Crippen LogP contribution in [0, 0.1) is 0 Å². The molecule has 0 spiro atoms. The molecule has 5 heteroatoms. The maximum atomic E-state index is 12.8. The molecule has 5 nitrogen and oxygen atoms in total. The Morgan fingerprint density at radius 1 is 0.806 bits per heavy atom. The highest BCUT2D eigenvalue weighted by molar-refractivity contribution is 5.92. The third-order valence-corrected chi connectivity index (χ3v) is 5.39. The highest BCUT2D eigenvalue weighted by Gasteiger charge is 2.14. The van der Waals surface area contributed by atoms with E-state index in [4.69, 9.17) is 4.74 Å². The van der Waals surface area contributed by atoms with Gasteiger partial charge in [-0.25, -0.2) is 0 Å². The van der Waals surface area contributed by atoms with Gasteiger partial charge in [-0.05, 0) is 35.4 Å². The van der Waals surface area contributed by atoms with E-state index >= 15 is 0 Å². The van der Waals surface area contributed by atoms with Gasteiger partial charge in [0.25, 0.3) is 0 Å². The van der Waals surface area contributed by atoms with Gasteiger partial charge >= 0.3 is 0 Å². The fourth-order valence-corrected chi connectivity index (χ4v) is 3.83. The number of benzene rings is 3. The number of carbonyl (C=O) groups is 1. The molecule has 1 heterocycles. The number of anilines is 2. The van der Waals surface area contributed by atoms with E-state index in [0.717, 1.165) is 50.8 Å². The molecule has 1 fully saturated rings. The highest BCUT2D eigenvalue weighted by Crippen LogP contribution is 2.19. The normalized spacial score (nSPS) is 13.9. The number of ether oxygens (including phenoxy) is 1. The van der Waals surface area contributed by atoms with Crippen LogP contribution in [0.3, 0.4) is 0 Å². The second-order valence-corrected chi connectivity index (χ2v) is 7.81. The van der Waals surface area contributed by atoms with Crippen molar-refractivity contribution in [3.05, 3.63) is 96.1 Å². The van der Waals surface area contributed by atoms with Crippen LogP contribution in [0.15, 0.2) is 84.9 Å². The lowest BCUT2D eigenvalue weighted by atomic mass is 10.1. The molecule has 0 atom stereocenters. The number of nitrogens with one attached hydrogen (secondary N) is 1. The van der Waals surface area contributed by atoms with Gasteiger partial charge in [-0.2, -0.15) is 0 Å². The zero-order valence-electron chi connectivity index (χ0n) is 17.7. The molecule has 31 heavy (non-hydrogen) atoms. The number of rotatable bonds is 8. The lowest BCUT2D eigenvalue weighted by Crippen LogP contribution is -2.36. The van der Waals surface area contributed by atoms with Gasteiger partial charge < -0.3 is 15.0 Å². The zero-order chi connectivity index (χ0) is 21.3. The van der Waals surface area contributed by atoms with E-state index in [0.29, 0.717) is 6.54 Å². The summed E-state index contributed by atoms with van der Waals surface area (Å²) in [5.41, 5.74) is 4.37. The summed E-state index contributed by atoms with van der Waals surface area (Å²) >= 11 is 0. The summed E-state index contributed by atoms with van der Waals surface area (Å²) in [6, 6.07) is 28.6. The molecule has 1 amide bonds. The Labute approximate surface area is 184 Å². The summed E-state index contributed by atoms with van der Waals surface area (Å²) in [7, 11) is 0. The number of nitrogens with zero attached hydrogens (tertiary/aromatic N) is 2. The summed E-state index contributed by atoms with van der Waals surface area (Å²) in [6.45, 7) is 5.10. The Morgan fingerprint density at radius 3 is 1.90 bits per heavy atom. The standard InChI is InChI=1S/C26H29N3O2/c30-26(27-24-11-13-25(14-12-24)29-15-17-31-18-16-29)21-28(19-22-7-3-1-4-8-22)20-23-9-5-2-6-10-23/h1-14H,15-21H2,(H,27,30). The summed E-state index contributed by atoms with van der Waals surface area (Å²) < 4.78 is 5.42. The predicted molar refractivity (Wildman–Crippen MR) is 125 cm³/mol. The van der Waals surface area contributed by atoms with Crippen molar-refractivity contribution in [1.82, 2.24) is 4.90 Å². The molecule has 0 saturated carbocycles. The molecule has 1 aliphatic rings. The summed E-state index contributed by atoms with van der Waals surface area (Å²) in [5.74, 6) is -0.00835. The predicted octanol–water partition coefficient (Wildman–Crippen LogP) is 4.16. The second kappa shape index (κ2) is 10.8. The van der Waals surface area contributed by atoms with Crippen LogP contribution in [-0.4, -0.2) is 43.7 Å². The average Bonchev–Trinajstić information content (AvgIpc) is 2.81. The van der Waals surface area contributed by atoms with E-state index in [1.54, 1.807) is 0 Å². The molecule has 3 aromatic carbocycles. The van der Waals surface area contributed by atoms with Gasteiger partial charge in [-0.3, -0.25) is 9.69 Å². The molecule has 1 saturated heterocycles. The van der Waals surface area contributed by atoms with Crippen molar-refractivity contribution in [1.29, 1.82) is 0 Å². The van der Waals surface area contributed by atoms with E-state index < -0.39 is 0 Å². The smallest absolute Gasteiger partial charge is 0.238 e. The average molecular weight is 416 g/mol. The number of morpholine rings is 1. The Kier molecular flexibility index (Phi) is 7.32. The molecule has 1 N–H and O–H groups in total. The molecule has 0 unspecified atom stereocenters. The number of hydrogen-bond acceptors (Lipinski definition) is 4. The van der Waals surface area contributed by atoms with Gasteiger partial charge in [-0.15, -0.1) is 0 Å². The molecule has 0 bridgehead atoms. The molecular formula is C26H29N3O2. The van der Waals surface area contributed by atoms with E-state index in [2.05, 4.69) is 51.5 Å². The van der Waals surface area contributed by atoms with Crippen LogP contribution < -0.4 is 10.2 Å². The van der Waals surface area contributed by atoms with Gasteiger partial charge in [0.2, 0.25) is 5.91 Å². The van der Waals surface area contributed by atoms with Crippen LogP contribution >= 0.6 is 0 Å². The molecule has 160 valence electrons. The van der Waals surface area contributed by atoms with Crippen LogP contribution in [0.25, 0.3) is 0 Å². The molecule has 3 aromatic rings. The SMILES string of the molecule is O=C(CN(Cc1ccccc1)Cc1ccccc1)Nc1ccc(N2CCOCC2)cc1. The van der Waals surface area contributed by atoms with Crippen LogP contribution in [0.1, 0.15) is 11.1 Å². The molecule has 4 rings (SSSR count). The molecule has 0 radical (unpaired) electrons. The van der Waals surface area contributed by atoms with Crippen molar-refractivity contribution in [3.8, 4) is 0 Å². The van der Waals surface area contributed by atoms with Crippen molar-refractivity contribution < 1.29 is 9.53 Å². The Hall–Kier alpha value is -3.15. The van der Waals surface area contributed by atoms with Crippen molar-refractivity contribution in [2.45, 2.75) is 13.1 Å². The van der Waals surface area contributed by atoms with Gasteiger partial charge in [0.1, 0.15) is 0 Å². The third kappa shape index (κ3) is 6.41. The second-order valence-electron chi connectivity index (χ2n) is 7.81. The highest BCUT2D eigenvalue weighted by atomic mass is 16.5. The minimum atomic E-state index is -0.00835. The largest absolute Gasteiger partial charge is 0.378 e. The molecule has 0 aromatic heterocycles. The summed E-state index contributed by atoms with van der Waals surface area (Å²) in [6.07, 6.45) is 0. The lowest BCUT2D eigenvalue weighted by molar-refractivity contribution is -0.117. The number of hydrogen-bond donors (Lipinski definition) is 1. The quantitative estimate of drug-likeness (QED) is 0.600. The van der Waals surface area contributed by atoms with Gasteiger partial charge in [0, 0.05) is 37.6 Å². The Bertz CT molecular complexity index is 898. The van der Waals surface area contributed by atoms with Crippen molar-refractivity contribution in [2.75, 3.05) is 43.1 Å². The van der Waals surface area contributed by atoms with Crippen LogP contribution in [-0.2, 0) is 22.6 Å². The first kappa shape index (κ1) is 21.1. The van der Waals surface area contributed by atoms with Crippen molar-refractivity contribution >= 4 is 17.3 Å². The minimum Gasteiger partial charge on any atom is -0.378 e. The van der Waals surface area contributed by atoms with Crippen LogP contribution in [0.4, 0.5) is 11.4 Å². The maximum absolute atomic E-state index is 12.8. The maximum Gasteiger partial charge on any atom is 0.238 e. The van der Waals surface area contributed by atoms with Gasteiger partial charge in [-0.1, -0.05) is 60.7 Å². The van der Waals surface area contributed by atoms with E-state index in [1.807, 2.05) is 48.5 Å². The molecular weight excluding hydrogens is 386 g/mol. The topological polar surface area (TPSA) is 44.8 Å². The Morgan fingerprint density at radius 2 is 1.35 bits per heavy atom. The fraction of sp³-hybridized carbons (Fsp3) is 0.269. The monoisotopic (exact) mass is 415 g/mol.